The first-order valence-corrected chi connectivity index (χ1v) is 13.4. The summed E-state index contributed by atoms with van der Waals surface area (Å²) in [7, 11) is 0.691. The maximum absolute atomic E-state index is 6.67. The second-order valence-electron chi connectivity index (χ2n) is 9.07. The van der Waals surface area contributed by atoms with Crippen LogP contribution in [0.3, 0.4) is 0 Å². The van der Waals surface area contributed by atoms with Gasteiger partial charge in [0.25, 0.3) is 0 Å². The summed E-state index contributed by atoms with van der Waals surface area (Å²) in [6.07, 6.45) is 2.19. The second-order valence-corrected chi connectivity index (χ2v) is 14.1. The Morgan fingerprint density at radius 2 is 1.57 bits per heavy atom. The van der Waals surface area contributed by atoms with Crippen molar-refractivity contribution >= 4 is 34.8 Å². The minimum Gasteiger partial charge on any atom is -0.455 e. The van der Waals surface area contributed by atoms with E-state index < -0.39 is 8.07 Å². The molecule has 0 atom stereocenters. The first-order valence-electron chi connectivity index (χ1n) is 9.94. The van der Waals surface area contributed by atoms with Crippen molar-refractivity contribution < 1.29 is 9.30 Å². The third-order valence-corrected chi connectivity index (χ3v) is 8.21. The molecule has 2 heterocycles. The maximum Gasteiger partial charge on any atom is 0.228 e. The highest BCUT2D eigenvalue weighted by atomic mass is 28.3. The molecule has 0 amide bonds. The van der Waals surface area contributed by atoms with Crippen LogP contribution >= 0.6 is 0 Å². The van der Waals surface area contributed by atoms with Crippen LogP contribution in [0.5, 0.6) is 11.5 Å². The van der Waals surface area contributed by atoms with E-state index in [1.54, 1.807) is 0 Å². The van der Waals surface area contributed by atoms with Gasteiger partial charge in [-0.3, -0.25) is 0 Å². The van der Waals surface area contributed by atoms with Crippen LogP contribution < -0.4 is 14.5 Å². The lowest BCUT2D eigenvalue weighted by atomic mass is 9.89. The van der Waals surface area contributed by atoms with Crippen LogP contribution in [-0.4, -0.2) is 8.07 Å². The third kappa shape index (κ3) is 2.29. The highest BCUT2D eigenvalue weighted by molar-refractivity contribution is 6.88. The molecule has 0 unspecified atom stereocenters. The number of hydrogen-bond acceptors (Lipinski definition) is 1. The number of benzene rings is 3. The maximum atomic E-state index is 6.67. The van der Waals surface area contributed by atoms with Gasteiger partial charge in [-0.2, -0.15) is 0 Å². The van der Waals surface area contributed by atoms with Gasteiger partial charge in [-0.05, 0) is 41.6 Å². The molecule has 4 aromatic rings. The molecule has 1 aliphatic heterocycles. The van der Waals surface area contributed by atoms with Crippen LogP contribution in [0.15, 0.2) is 48.7 Å². The number of hydrogen-bond donors (Lipinski definition) is 0. The van der Waals surface area contributed by atoms with Crippen molar-refractivity contribution in [1.82, 2.24) is 0 Å². The van der Waals surface area contributed by atoms with E-state index in [-0.39, 0.29) is 0 Å². The largest absolute Gasteiger partial charge is 0.455 e. The van der Waals surface area contributed by atoms with Gasteiger partial charge in [-0.25, -0.2) is 4.57 Å². The van der Waals surface area contributed by atoms with Crippen molar-refractivity contribution in [2.75, 3.05) is 0 Å². The summed E-state index contributed by atoms with van der Waals surface area (Å²) in [6, 6.07) is 15.6. The Morgan fingerprint density at radius 1 is 0.893 bits per heavy atom. The Balaban J connectivity index is 1.97. The number of aromatic nitrogens is 1. The van der Waals surface area contributed by atoms with Crippen LogP contribution in [0.1, 0.15) is 11.1 Å². The summed E-state index contributed by atoms with van der Waals surface area (Å²) in [6.45, 7) is 11.6. The van der Waals surface area contributed by atoms with Crippen molar-refractivity contribution in [3.05, 3.63) is 59.8 Å². The first kappa shape index (κ1) is 17.4. The smallest absolute Gasteiger partial charge is 0.228 e. The second kappa shape index (κ2) is 5.68. The molecule has 140 valence electrons. The zero-order chi connectivity index (χ0) is 19.8. The number of rotatable bonds is 1. The van der Waals surface area contributed by atoms with E-state index in [1.165, 1.54) is 49.1 Å². The van der Waals surface area contributed by atoms with Gasteiger partial charge in [0.15, 0.2) is 6.20 Å². The average Bonchev–Trinajstić information content (AvgIpc) is 2.67. The molecular formula is C25H26NOSi+. The van der Waals surface area contributed by atoms with Gasteiger partial charge in [0, 0.05) is 11.6 Å². The number of fused-ring (bicyclic) bond motifs is 3. The third-order valence-electron chi connectivity index (χ3n) is 6.19. The topological polar surface area (TPSA) is 13.1 Å². The normalized spacial score (nSPS) is 12.9. The molecule has 0 radical (unpaired) electrons. The van der Waals surface area contributed by atoms with Gasteiger partial charge < -0.3 is 4.74 Å². The van der Waals surface area contributed by atoms with Crippen molar-refractivity contribution in [3.8, 4) is 22.8 Å². The van der Waals surface area contributed by atoms with E-state index >= 15 is 0 Å². The quantitative estimate of drug-likeness (QED) is 0.265. The summed E-state index contributed by atoms with van der Waals surface area (Å²) < 4.78 is 8.92. The van der Waals surface area contributed by atoms with Gasteiger partial charge in [0.1, 0.15) is 18.5 Å². The van der Waals surface area contributed by atoms with Crippen molar-refractivity contribution in [2.24, 2.45) is 7.05 Å². The predicted molar refractivity (Wildman–Crippen MR) is 121 cm³/mol. The van der Waals surface area contributed by atoms with Crippen LogP contribution in [0, 0.1) is 13.8 Å². The minimum absolute atomic E-state index is 1.01. The molecule has 0 N–H and O–H groups in total. The van der Waals surface area contributed by atoms with Crippen molar-refractivity contribution in [1.29, 1.82) is 0 Å². The molecule has 1 aromatic heterocycles. The summed E-state index contributed by atoms with van der Waals surface area (Å²) >= 11 is 0. The van der Waals surface area contributed by atoms with E-state index in [0.717, 1.165) is 11.5 Å². The van der Waals surface area contributed by atoms with Gasteiger partial charge in [0.05, 0.1) is 19.0 Å². The van der Waals surface area contributed by atoms with Crippen LogP contribution in [-0.2, 0) is 7.05 Å². The Hall–Kier alpha value is -2.65. The Kier molecular flexibility index (Phi) is 3.54. The monoisotopic (exact) mass is 384 g/mol. The van der Waals surface area contributed by atoms with Gasteiger partial charge >= 0.3 is 0 Å². The fourth-order valence-corrected chi connectivity index (χ4v) is 5.71. The lowest BCUT2D eigenvalue weighted by Gasteiger charge is -2.26. The number of pyridine rings is 1. The molecule has 0 fully saturated rings. The van der Waals surface area contributed by atoms with E-state index in [2.05, 4.69) is 93.8 Å². The zero-order valence-electron chi connectivity index (χ0n) is 17.5. The molecule has 0 bridgehead atoms. The number of aryl methyl sites for hydroxylation is 3. The summed E-state index contributed by atoms with van der Waals surface area (Å²) in [5.74, 6) is 2.02. The highest BCUT2D eigenvalue weighted by Crippen LogP contribution is 2.49. The fraction of sp³-hybridized carbons (Fsp3) is 0.240. The Bertz CT molecular complexity index is 1300. The average molecular weight is 385 g/mol. The van der Waals surface area contributed by atoms with E-state index in [1.807, 2.05) is 0 Å². The molecule has 3 aromatic carbocycles. The molecular weight excluding hydrogens is 358 g/mol. The van der Waals surface area contributed by atoms with E-state index in [0.29, 0.717) is 0 Å². The number of nitrogens with zero attached hydrogens (tertiary/aromatic N) is 1. The fourth-order valence-electron chi connectivity index (χ4n) is 4.55. The molecule has 1 aliphatic rings. The van der Waals surface area contributed by atoms with E-state index in [4.69, 9.17) is 4.74 Å². The summed E-state index contributed by atoms with van der Waals surface area (Å²) in [5.41, 5.74) is 5.01. The molecule has 0 saturated heterocycles. The molecule has 5 rings (SSSR count). The minimum atomic E-state index is -1.45. The number of ether oxygens (including phenoxy) is 1. The molecule has 2 nitrogen and oxygen atoms in total. The highest BCUT2D eigenvalue weighted by Gasteiger charge is 2.33. The first-order chi connectivity index (χ1) is 13.3. The van der Waals surface area contributed by atoms with Crippen molar-refractivity contribution in [3.63, 3.8) is 0 Å². The lowest BCUT2D eigenvalue weighted by molar-refractivity contribution is -0.659. The standard InChI is InChI=1S/C25H26NOSi/c1-15-19-9-7-8-10-20(19)16(2)25-22(15)24-23-17(11-12-26(24)3)13-18(28(4,5)6)14-21(23)27-25/h7-14H,1-6H3/q+1. The molecule has 0 spiro atoms. The molecule has 28 heavy (non-hydrogen) atoms. The van der Waals surface area contributed by atoms with Gasteiger partial charge in [0.2, 0.25) is 5.69 Å². The predicted octanol–water partition coefficient (Wildman–Crippen LogP) is 5.75. The van der Waals surface area contributed by atoms with E-state index in [9.17, 15) is 0 Å². The SMILES string of the molecule is Cc1c2c(c(C)c3ccccc13)-c1c3c(cc([Si](C)(C)C)cc3cc[n+]1C)O2. The lowest BCUT2D eigenvalue weighted by Crippen LogP contribution is -2.38. The summed E-state index contributed by atoms with van der Waals surface area (Å²) in [4.78, 5) is 0. The van der Waals surface area contributed by atoms with Crippen LogP contribution in [0.4, 0.5) is 0 Å². The molecule has 0 aliphatic carbocycles. The van der Waals surface area contributed by atoms with Gasteiger partial charge in [-0.15, -0.1) is 0 Å². The molecule has 3 heteroatoms. The molecule has 0 saturated carbocycles. The summed E-state index contributed by atoms with van der Waals surface area (Å²) in [5, 5.41) is 6.53. The van der Waals surface area contributed by atoms with Crippen LogP contribution in [0.25, 0.3) is 32.8 Å². The van der Waals surface area contributed by atoms with Crippen molar-refractivity contribution in [2.45, 2.75) is 33.5 Å². The van der Waals surface area contributed by atoms with Crippen LogP contribution in [0.2, 0.25) is 19.6 Å². The zero-order valence-corrected chi connectivity index (χ0v) is 18.5. The Morgan fingerprint density at radius 3 is 2.25 bits per heavy atom. The van der Waals surface area contributed by atoms with Gasteiger partial charge in [-0.1, -0.05) is 55.2 Å². The Labute approximate surface area is 167 Å².